The number of benzene rings is 1. The summed E-state index contributed by atoms with van der Waals surface area (Å²) >= 11 is 0. The molecule has 1 atom stereocenters. The monoisotopic (exact) mass is 285 g/mol. The molecule has 1 unspecified atom stereocenters. The molecule has 0 bridgehead atoms. The molecule has 0 fully saturated rings. The van der Waals surface area contributed by atoms with Gasteiger partial charge in [0.25, 0.3) is 11.6 Å². The second kappa shape index (κ2) is 7.26. The van der Waals surface area contributed by atoms with Gasteiger partial charge in [-0.3, -0.25) is 20.3 Å². The average Bonchev–Trinajstić information content (AvgIpc) is 2.45. The number of amides is 1. The zero-order valence-electron chi connectivity index (χ0n) is 11.0. The highest BCUT2D eigenvalue weighted by Crippen LogP contribution is 2.31. The van der Waals surface area contributed by atoms with E-state index in [-0.39, 0.29) is 23.8 Å². The molecule has 1 aromatic carbocycles. The molecule has 0 aliphatic heterocycles. The van der Waals surface area contributed by atoms with Gasteiger partial charge < -0.3 is 14.2 Å². The van der Waals surface area contributed by atoms with Gasteiger partial charge in [-0.05, 0) is 6.07 Å². The van der Waals surface area contributed by atoms with E-state index in [0.29, 0.717) is 0 Å². The smallest absolute Gasteiger partial charge is 0.277 e. The SMILES string of the molecule is COCC(Oc1cc([N+](=O)[O-])ccc1OC)C(=O)NN. The Kier molecular flexibility index (Phi) is 5.69. The maximum Gasteiger partial charge on any atom is 0.277 e. The Bertz CT molecular complexity index is 493. The lowest BCUT2D eigenvalue weighted by Crippen LogP contribution is -2.44. The van der Waals surface area contributed by atoms with Crippen LogP contribution in [0.15, 0.2) is 18.2 Å². The van der Waals surface area contributed by atoms with Gasteiger partial charge in [0.1, 0.15) is 0 Å². The summed E-state index contributed by atoms with van der Waals surface area (Å²) in [5.74, 6) is 4.71. The van der Waals surface area contributed by atoms with E-state index in [2.05, 4.69) is 0 Å². The van der Waals surface area contributed by atoms with Crippen molar-refractivity contribution >= 4 is 11.6 Å². The predicted octanol–water partition coefficient (Wildman–Crippen LogP) is -0.0129. The fourth-order valence-corrected chi connectivity index (χ4v) is 1.43. The van der Waals surface area contributed by atoms with Gasteiger partial charge >= 0.3 is 0 Å². The predicted molar refractivity (Wildman–Crippen MR) is 68.3 cm³/mol. The van der Waals surface area contributed by atoms with Crippen molar-refractivity contribution in [2.75, 3.05) is 20.8 Å². The first kappa shape index (κ1) is 15.7. The Balaban J connectivity index is 3.05. The molecule has 1 rings (SSSR count). The van der Waals surface area contributed by atoms with Crippen LogP contribution in [0.2, 0.25) is 0 Å². The topological polar surface area (TPSA) is 126 Å². The number of hydrogen-bond donors (Lipinski definition) is 2. The molecule has 0 saturated heterocycles. The van der Waals surface area contributed by atoms with E-state index in [4.69, 9.17) is 20.1 Å². The van der Waals surface area contributed by atoms with E-state index in [1.807, 2.05) is 5.43 Å². The van der Waals surface area contributed by atoms with Crippen LogP contribution in [-0.4, -0.2) is 37.8 Å². The summed E-state index contributed by atoms with van der Waals surface area (Å²) in [5, 5.41) is 10.7. The number of nitrogens with zero attached hydrogens (tertiary/aromatic N) is 1. The highest BCUT2D eigenvalue weighted by Gasteiger charge is 2.22. The van der Waals surface area contributed by atoms with Crippen molar-refractivity contribution in [3.63, 3.8) is 0 Å². The summed E-state index contributed by atoms with van der Waals surface area (Å²) in [6.07, 6.45) is -1.05. The van der Waals surface area contributed by atoms with E-state index in [0.717, 1.165) is 6.07 Å². The Morgan fingerprint density at radius 2 is 2.15 bits per heavy atom. The fourth-order valence-electron chi connectivity index (χ4n) is 1.43. The second-order valence-electron chi connectivity index (χ2n) is 3.66. The average molecular weight is 285 g/mol. The molecular weight excluding hydrogens is 270 g/mol. The molecular formula is C11H15N3O6. The van der Waals surface area contributed by atoms with Crippen molar-refractivity contribution in [2.24, 2.45) is 5.84 Å². The number of nitrogens with one attached hydrogen (secondary N) is 1. The third-order valence-electron chi connectivity index (χ3n) is 2.38. The van der Waals surface area contributed by atoms with Crippen molar-refractivity contribution in [3.05, 3.63) is 28.3 Å². The van der Waals surface area contributed by atoms with Crippen molar-refractivity contribution < 1.29 is 23.9 Å². The lowest BCUT2D eigenvalue weighted by molar-refractivity contribution is -0.385. The first-order valence-electron chi connectivity index (χ1n) is 5.52. The minimum absolute atomic E-state index is 0.0485. The number of nitro benzene ring substituents is 1. The van der Waals surface area contributed by atoms with Crippen LogP contribution >= 0.6 is 0 Å². The van der Waals surface area contributed by atoms with Gasteiger partial charge in [-0.25, -0.2) is 5.84 Å². The standard InChI is InChI=1S/C11H15N3O6/c1-18-6-10(11(15)13-12)20-9-5-7(14(16)17)3-4-8(9)19-2/h3-5,10H,6,12H2,1-2H3,(H,13,15). The summed E-state index contributed by atoms with van der Waals surface area (Å²) in [4.78, 5) is 21.7. The van der Waals surface area contributed by atoms with Crippen LogP contribution in [0, 0.1) is 10.1 Å². The molecule has 20 heavy (non-hydrogen) atoms. The minimum atomic E-state index is -1.05. The summed E-state index contributed by atoms with van der Waals surface area (Å²) in [5.41, 5.74) is 1.74. The van der Waals surface area contributed by atoms with E-state index in [9.17, 15) is 14.9 Å². The van der Waals surface area contributed by atoms with Gasteiger partial charge in [-0.2, -0.15) is 0 Å². The van der Waals surface area contributed by atoms with Crippen molar-refractivity contribution in [1.82, 2.24) is 5.43 Å². The molecule has 1 amide bonds. The van der Waals surface area contributed by atoms with E-state index < -0.39 is 16.9 Å². The van der Waals surface area contributed by atoms with Crippen molar-refractivity contribution in [1.29, 1.82) is 0 Å². The number of hydrazine groups is 1. The number of carbonyl (C=O) groups excluding carboxylic acids is 1. The van der Waals surface area contributed by atoms with E-state index in [1.54, 1.807) is 0 Å². The maximum atomic E-state index is 11.5. The Hall–Kier alpha value is -2.39. The number of hydrogen-bond acceptors (Lipinski definition) is 7. The lowest BCUT2D eigenvalue weighted by atomic mass is 10.2. The number of non-ortho nitro benzene ring substituents is 1. The summed E-state index contributed by atoms with van der Waals surface area (Å²) in [7, 11) is 2.76. The zero-order valence-corrected chi connectivity index (χ0v) is 11.0. The highest BCUT2D eigenvalue weighted by molar-refractivity contribution is 5.80. The van der Waals surface area contributed by atoms with Gasteiger partial charge in [0.05, 0.1) is 24.7 Å². The normalized spacial score (nSPS) is 11.6. The number of nitrogens with two attached hydrogens (primary N) is 1. The summed E-state index contributed by atoms with van der Waals surface area (Å²) in [6, 6.07) is 3.79. The first-order chi connectivity index (χ1) is 9.53. The van der Waals surface area contributed by atoms with Crippen molar-refractivity contribution in [2.45, 2.75) is 6.10 Å². The molecule has 9 nitrogen and oxygen atoms in total. The van der Waals surface area contributed by atoms with Crippen molar-refractivity contribution in [3.8, 4) is 11.5 Å². The molecule has 0 spiro atoms. The Morgan fingerprint density at radius 3 is 2.65 bits per heavy atom. The minimum Gasteiger partial charge on any atom is -0.493 e. The van der Waals surface area contributed by atoms with E-state index in [1.165, 1.54) is 26.4 Å². The summed E-state index contributed by atoms with van der Waals surface area (Å²) in [6.45, 7) is -0.0745. The molecule has 110 valence electrons. The largest absolute Gasteiger partial charge is 0.493 e. The molecule has 0 saturated carbocycles. The van der Waals surface area contributed by atoms with Crippen LogP contribution in [0.4, 0.5) is 5.69 Å². The molecule has 0 aliphatic rings. The van der Waals surface area contributed by atoms with Crippen LogP contribution in [0.3, 0.4) is 0 Å². The van der Waals surface area contributed by atoms with Gasteiger partial charge in [-0.15, -0.1) is 0 Å². The number of carbonyl (C=O) groups is 1. The first-order valence-corrected chi connectivity index (χ1v) is 5.52. The van der Waals surface area contributed by atoms with Crippen LogP contribution < -0.4 is 20.7 Å². The molecule has 0 aromatic heterocycles. The Morgan fingerprint density at radius 1 is 1.45 bits per heavy atom. The molecule has 1 aromatic rings. The van der Waals surface area contributed by atoms with E-state index >= 15 is 0 Å². The third-order valence-corrected chi connectivity index (χ3v) is 2.38. The molecule has 3 N–H and O–H groups in total. The maximum absolute atomic E-state index is 11.5. The van der Waals surface area contributed by atoms with Gasteiger partial charge in [0.15, 0.2) is 11.5 Å². The fraction of sp³-hybridized carbons (Fsp3) is 0.364. The van der Waals surface area contributed by atoms with Crippen LogP contribution in [-0.2, 0) is 9.53 Å². The number of methoxy groups -OCH3 is 2. The second-order valence-corrected chi connectivity index (χ2v) is 3.66. The van der Waals surface area contributed by atoms with Crippen LogP contribution in [0.1, 0.15) is 0 Å². The zero-order chi connectivity index (χ0) is 15.1. The molecule has 0 aliphatic carbocycles. The lowest BCUT2D eigenvalue weighted by Gasteiger charge is -2.18. The Labute approximate surface area is 114 Å². The van der Waals surface area contributed by atoms with Gasteiger partial charge in [0, 0.05) is 13.2 Å². The van der Waals surface area contributed by atoms with Crippen LogP contribution in [0.25, 0.3) is 0 Å². The number of rotatable bonds is 7. The molecule has 0 heterocycles. The van der Waals surface area contributed by atoms with Crippen LogP contribution in [0.5, 0.6) is 11.5 Å². The number of ether oxygens (including phenoxy) is 3. The third kappa shape index (κ3) is 3.80. The molecule has 0 radical (unpaired) electrons. The molecule has 9 heteroatoms. The van der Waals surface area contributed by atoms with Gasteiger partial charge in [-0.1, -0.05) is 0 Å². The number of nitro groups is 1. The van der Waals surface area contributed by atoms with Gasteiger partial charge in [0.2, 0.25) is 6.10 Å². The quantitative estimate of drug-likeness (QED) is 0.312. The highest BCUT2D eigenvalue weighted by atomic mass is 16.6. The summed E-state index contributed by atoms with van der Waals surface area (Å²) < 4.78 is 15.2.